The highest BCUT2D eigenvalue weighted by molar-refractivity contribution is 5.93. The molecule has 166 valence electrons. The average molecular weight is 426 g/mol. The smallest absolute Gasteiger partial charge is 0.238 e. The number of hydrogen-bond donors (Lipinski definition) is 1. The molecule has 1 fully saturated rings. The SMILES string of the molecule is COc1ccc(CC(=O)N2CCN(CC(=O)Nc3c(C)cccc3C)CC2)cc1OC. The molecule has 0 aliphatic carbocycles. The van der Waals surface area contributed by atoms with Crippen molar-refractivity contribution < 1.29 is 19.1 Å². The van der Waals surface area contributed by atoms with Gasteiger partial charge in [-0.1, -0.05) is 24.3 Å². The first-order valence-electron chi connectivity index (χ1n) is 10.5. The van der Waals surface area contributed by atoms with Crippen molar-refractivity contribution in [2.75, 3.05) is 52.3 Å². The Morgan fingerprint density at radius 2 is 1.58 bits per heavy atom. The number of anilines is 1. The van der Waals surface area contributed by atoms with E-state index in [9.17, 15) is 9.59 Å². The molecule has 31 heavy (non-hydrogen) atoms. The Kier molecular flexibility index (Phi) is 7.52. The average Bonchev–Trinajstić information content (AvgIpc) is 2.76. The van der Waals surface area contributed by atoms with Crippen LogP contribution < -0.4 is 14.8 Å². The van der Waals surface area contributed by atoms with Gasteiger partial charge in [0.15, 0.2) is 11.5 Å². The summed E-state index contributed by atoms with van der Waals surface area (Å²) in [6.45, 7) is 6.89. The maximum atomic E-state index is 12.7. The number of piperazine rings is 1. The van der Waals surface area contributed by atoms with E-state index in [1.807, 2.05) is 55.1 Å². The number of hydrogen-bond acceptors (Lipinski definition) is 5. The standard InChI is InChI=1S/C24H31N3O4/c1-17-6-5-7-18(2)24(17)25-22(28)16-26-10-12-27(13-11-26)23(29)15-19-8-9-20(30-3)21(14-19)31-4/h5-9,14H,10-13,15-16H2,1-4H3,(H,25,28). The van der Waals surface area contributed by atoms with E-state index in [2.05, 4.69) is 10.2 Å². The number of benzene rings is 2. The zero-order chi connectivity index (χ0) is 22.4. The molecule has 0 aromatic heterocycles. The van der Waals surface area contributed by atoms with Crippen molar-refractivity contribution in [2.45, 2.75) is 20.3 Å². The number of nitrogens with zero attached hydrogens (tertiary/aromatic N) is 2. The molecule has 3 rings (SSSR count). The number of nitrogens with one attached hydrogen (secondary N) is 1. The van der Waals surface area contributed by atoms with Gasteiger partial charge in [0.25, 0.3) is 0 Å². The normalized spacial score (nSPS) is 14.3. The van der Waals surface area contributed by atoms with Crippen molar-refractivity contribution >= 4 is 17.5 Å². The van der Waals surface area contributed by atoms with Gasteiger partial charge in [-0.3, -0.25) is 14.5 Å². The molecule has 0 saturated carbocycles. The predicted octanol–water partition coefficient (Wildman–Crippen LogP) is 2.65. The van der Waals surface area contributed by atoms with Gasteiger partial charge in [0.05, 0.1) is 27.2 Å². The number of amides is 2. The minimum Gasteiger partial charge on any atom is -0.493 e. The van der Waals surface area contributed by atoms with Crippen LogP contribution in [0.4, 0.5) is 5.69 Å². The van der Waals surface area contributed by atoms with E-state index < -0.39 is 0 Å². The largest absolute Gasteiger partial charge is 0.493 e. The minimum absolute atomic E-state index is 0.0255. The fraction of sp³-hybridized carbons (Fsp3) is 0.417. The molecule has 2 aromatic rings. The maximum Gasteiger partial charge on any atom is 0.238 e. The number of ether oxygens (including phenoxy) is 2. The van der Waals surface area contributed by atoms with Crippen LogP contribution in [0, 0.1) is 13.8 Å². The molecule has 2 aromatic carbocycles. The highest BCUT2D eigenvalue weighted by Crippen LogP contribution is 2.28. The van der Waals surface area contributed by atoms with Crippen molar-refractivity contribution in [3.63, 3.8) is 0 Å². The highest BCUT2D eigenvalue weighted by Gasteiger charge is 2.23. The second-order valence-corrected chi connectivity index (χ2v) is 7.84. The first kappa shape index (κ1) is 22.6. The van der Waals surface area contributed by atoms with E-state index >= 15 is 0 Å². The quantitative estimate of drug-likeness (QED) is 0.739. The van der Waals surface area contributed by atoms with Gasteiger partial charge in [-0.25, -0.2) is 0 Å². The van der Waals surface area contributed by atoms with Crippen molar-refractivity contribution in [3.8, 4) is 11.5 Å². The lowest BCUT2D eigenvalue weighted by Gasteiger charge is -2.34. The lowest BCUT2D eigenvalue weighted by Crippen LogP contribution is -2.50. The van der Waals surface area contributed by atoms with E-state index in [0.717, 1.165) is 22.4 Å². The zero-order valence-corrected chi connectivity index (χ0v) is 18.7. The van der Waals surface area contributed by atoms with Gasteiger partial charge in [-0.05, 0) is 42.7 Å². The number of para-hydroxylation sites is 1. The molecule has 0 spiro atoms. The molecule has 1 N–H and O–H groups in total. The van der Waals surface area contributed by atoms with Gasteiger partial charge < -0.3 is 19.7 Å². The summed E-state index contributed by atoms with van der Waals surface area (Å²) in [7, 11) is 3.17. The van der Waals surface area contributed by atoms with Gasteiger partial charge in [-0.15, -0.1) is 0 Å². The first-order valence-corrected chi connectivity index (χ1v) is 10.5. The zero-order valence-electron chi connectivity index (χ0n) is 18.7. The molecule has 1 saturated heterocycles. The third-order valence-electron chi connectivity index (χ3n) is 5.64. The van der Waals surface area contributed by atoms with E-state index in [4.69, 9.17) is 9.47 Å². The molecule has 1 aliphatic heterocycles. The van der Waals surface area contributed by atoms with Crippen LogP contribution in [-0.2, 0) is 16.0 Å². The van der Waals surface area contributed by atoms with Gasteiger partial charge in [0.2, 0.25) is 11.8 Å². The summed E-state index contributed by atoms with van der Waals surface area (Å²) in [6.07, 6.45) is 0.313. The second-order valence-electron chi connectivity index (χ2n) is 7.84. The van der Waals surface area contributed by atoms with E-state index in [1.165, 1.54) is 0 Å². The summed E-state index contributed by atoms with van der Waals surface area (Å²) in [5.41, 5.74) is 3.88. The van der Waals surface area contributed by atoms with Crippen LogP contribution in [0.2, 0.25) is 0 Å². The van der Waals surface area contributed by atoms with Crippen LogP contribution in [0.25, 0.3) is 0 Å². The molecule has 0 unspecified atom stereocenters. The van der Waals surface area contributed by atoms with Gasteiger partial charge in [-0.2, -0.15) is 0 Å². The Morgan fingerprint density at radius 3 is 2.19 bits per heavy atom. The van der Waals surface area contributed by atoms with Crippen LogP contribution in [0.1, 0.15) is 16.7 Å². The van der Waals surface area contributed by atoms with Crippen LogP contribution in [0.3, 0.4) is 0 Å². The number of aryl methyl sites for hydroxylation is 2. The van der Waals surface area contributed by atoms with Crippen LogP contribution in [0.5, 0.6) is 11.5 Å². The molecule has 2 amide bonds. The summed E-state index contributed by atoms with van der Waals surface area (Å²) in [4.78, 5) is 29.2. The van der Waals surface area contributed by atoms with Gasteiger partial charge in [0.1, 0.15) is 0 Å². The number of rotatable bonds is 7. The number of methoxy groups -OCH3 is 2. The Labute approximate surface area is 183 Å². The fourth-order valence-electron chi connectivity index (χ4n) is 3.83. The second kappa shape index (κ2) is 10.3. The molecule has 0 atom stereocenters. The predicted molar refractivity (Wildman–Crippen MR) is 121 cm³/mol. The molecule has 0 radical (unpaired) electrons. The van der Waals surface area contributed by atoms with E-state index in [-0.39, 0.29) is 11.8 Å². The fourth-order valence-corrected chi connectivity index (χ4v) is 3.83. The Morgan fingerprint density at radius 1 is 0.935 bits per heavy atom. The molecule has 7 nitrogen and oxygen atoms in total. The van der Waals surface area contributed by atoms with Crippen LogP contribution >= 0.6 is 0 Å². The molecular weight excluding hydrogens is 394 g/mol. The third-order valence-corrected chi connectivity index (χ3v) is 5.64. The van der Waals surface area contributed by atoms with Crippen LogP contribution in [0.15, 0.2) is 36.4 Å². The van der Waals surface area contributed by atoms with Gasteiger partial charge >= 0.3 is 0 Å². The first-order chi connectivity index (χ1) is 14.9. The van der Waals surface area contributed by atoms with Crippen LogP contribution in [-0.4, -0.2) is 68.6 Å². The summed E-state index contributed by atoms with van der Waals surface area (Å²) in [6, 6.07) is 11.5. The van der Waals surface area contributed by atoms with E-state index in [0.29, 0.717) is 50.6 Å². The lowest BCUT2D eigenvalue weighted by atomic mass is 10.1. The van der Waals surface area contributed by atoms with Crippen molar-refractivity contribution in [3.05, 3.63) is 53.1 Å². The Bertz CT molecular complexity index is 916. The number of carbonyl (C=O) groups is 2. The summed E-state index contributed by atoms with van der Waals surface area (Å²) in [5, 5.41) is 3.03. The number of carbonyl (C=O) groups excluding carboxylic acids is 2. The lowest BCUT2D eigenvalue weighted by molar-refractivity contribution is -0.132. The topological polar surface area (TPSA) is 71.1 Å². The molecule has 7 heteroatoms. The Hall–Kier alpha value is -3.06. The molecular formula is C24H31N3O4. The summed E-state index contributed by atoms with van der Waals surface area (Å²) < 4.78 is 10.6. The van der Waals surface area contributed by atoms with E-state index in [1.54, 1.807) is 14.2 Å². The molecule has 1 aliphatic rings. The molecule has 0 bridgehead atoms. The highest BCUT2D eigenvalue weighted by atomic mass is 16.5. The minimum atomic E-state index is -0.0255. The Balaban J connectivity index is 1.49. The van der Waals surface area contributed by atoms with Gasteiger partial charge in [0, 0.05) is 31.9 Å². The van der Waals surface area contributed by atoms with Crippen molar-refractivity contribution in [2.24, 2.45) is 0 Å². The molecule has 1 heterocycles. The van der Waals surface area contributed by atoms with Crippen molar-refractivity contribution in [1.29, 1.82) is 0 Å². The summed E-state index contributed by atoms with van der Waals surface area (Å²) >= 11 is 0. The third kappa shape index (κ3) is 5.76. The monoisotopic (exact) mass is 425 g/mol. The summed E-state index contributed by atoms with van der Waals surface area (Å²) in [5.74, 6) is 1.31. The van der Waals surface area contributed by atoms with Crippen molar-refractivity contribution in [1.82, 2.24) is 9.80 Å². The maximum absolute atomic E-state index is 12.7.